The van der Waals surface area contributed by atoms with Crippen LogP contribution in [0.3, 0.4) is 0 Å². The second-order valence-corrected chi connectivity index (χ2v) is 6.69. The Hall–Kier alpha value is -2.23. The maximum absolute atomic E-state index is 11.9. The molecule has 0 bridgehead atoms. The van der Waals surface area contributed by atoms with Gasteiger partial charge in [0.15, 0.2) is 6.61 Å². The molecule has 0 saturated heterocycles. The van der Waals surface area contributed by atoms with Gasteiger partial charge in [-0.05, 0) is 17.5 Å². The van der Waals surface area contributed by atoms with Gasteiger partial charge < -0.3 is 9.64 Å². The number of thioether (sulfide) groups is 1. The highest BCUT2D eigenvalue weighted by Crippen LogP contribution is 2.33. The summed E-state index contributed by atoms with van der Waals surface area (Å²) in [5.74, 6) is -0.725. The Morgan fingerprint density at radius 1 is 1.28 bits per heavy atom. The van der Waals surface area contributed by atoms with E-state index in [1.165, 1.54) is 16.7 Å². The summed E-state index contributed by atoms with van der Waals surface area (Å²) in [7, 11) is 1.57. The molecule has 0 aliphatic rings. The highest BCUT2D eigenvalue weighted by atomic mass is 35.5. The molecule has 5 nitrogen and oxygen atoms in total. The van der Waals surface area contributed by atoms with Crippen LogP contribution in [0.2, 0.25) is 5.02 Å². The van der Waals surface area contributed by atoms with Gasteiger partial charge in [0.1, 0.15) is 0 Å². The molecule has 2 rings (SSSR count). The SMILES string of the molecule is CN(CCC#N)C(=O)COC(=O)CSc1cccc2cccc(Cl)c12. The molecule has 0 unspecified atom stereocenters. The number of likely N-dealkylation sites (N-methyl/N-ethyl adjacent to an activating group) is 1. The summed E-state index contributed by atoms with van der Waals surface area (Å²) < 4.78 is 5.00. The molecule has 0 aromatic heterocycles. The lowest BCUT2D eigenvalue weighted by Crippen LogP contribution is -2.32. The van der Waals surface area contributed by atoms with Crippen LogP contribution in [0.15, 0.2) is 41.3 Å². The summed E-state index contributed by atoms with van der Waals surface area (Å²) in [6, 6.07) is 13.4. The zero-order valence-corrected chi connectivity index (χ0v) is 15.3. The first-order valence-corrected chi connectivity index (χ1v) is 8.96. The van der Waals surface area contributed by atoms with E-state index in [1.54, 1.807) is 7.05 Å². The molecular formula is C18H17ClN2O3S. The molecular weight excluding hydrogens is 360 g/mol. The van der Waals surface area contributed by atoms with Gasteiger partial charge in [0, 0.05) is 28.9 Å². The third kappa shape index (κ3) is 5.38. The van der Waals surface area contributed by atoms with Gasteiger partial charge in [0.05, 0.1) is 18.2 Å². The molecule has 0 aliphatic heterocycles. The predicted molar refractivity (Wildman–Crippen MR) is 98.5 cm³/mol. The lowest BCUT2D eigenvalue weighted by molar-refractivity contribution is -0.149. The number of hydrogen-bond acceptors (Lipinski definition) is 5. The second kappa shape index (κ2) is 9.30. The maximum Gasteiger partial charge on any atom is 0.316 e. The van der Waals surface area contributed by atoms with Crippen LogP contribution in [0, 0.1) is 11.3 Å². The number of nitriles is 1. The van der Waals surface area contributed by atoms with E-state index in [0.717, 1.165) is 15.7 Å². The highest BCUT2D eigenvalue weighted by molar-refractivity contribution is 8.00. The predicted octanol–water partition coefficient (Wildman–Crippen LogP) is 3.50. The first-order chi connectivity index (χ1) is 12.0. The van der Waals surface area contributed by atoms with Gasteiger partial charge in [-0.15, -0.1) is 11.8 Å². The van der Waals surface area contributed by atoms with Crippen molar-refractivity contribution in [1.29, 1.82) is 5.26 Å². The van der Waals surface area contributed by atoms with Gasteiger partial charge in [0.25, 0.3) is 5.91 Å². The van der Waals surface area contributed by atoms with Crippen LogP contribution in [0.25, 0.3) is 10.8 Å². The lowest BCUT2D eigenvalue weighted by atomic mass is 10.1. The van der Waals surface area contributed by atoms with Crippen LogP contribution in [0.4, 0.5) is 0 Å². The molecule has 0 heterocycles. The summed E-state index contributed by atoms with van der Waals surface area (Å²) in [4.78, 5) is 25.9. The van der Waals surface area contributed by atoms with Gasteiger partial charge in [-0.25, -0.2) is 0 Å². The fourth-order valence-electron chi connectivity index (χ4n) is 2.16. The third-order valence-electron chi connectivity index (χ3n) is 3.50. The number of amides is 1. The van der Waals surface area contributed by atoms with E-state index in [-0.39, 0.29) is 24.7 Å². The van der Waals surface area contributed by atoms with Gasteiger partial charge in [-0.3, -0.25) is 9.59 Å². The van der Waals surface area contributed by atoms with E-state index >= 15 is 0 Å². The summed E-state index contributed by atoms with van der Waals surface area (Å²) in [5.41, 5.74) is 0. The number of carbonyl (C=O) groups excluding carboxylic acids is 2. The van der Waals surface area contributed by atoms with E-state index in [2.05, 4.69) is 0 Å². The molecule has 0 saturated carbocycles. The summed E-state index contributed by atoms with van der Waals surface area (Å²) in [6.07, 6.45) is 0.244. The zero-order chi connectivity index (χ0) is 18.2. The van der Waals surface area contributed by atoms with Crippen LogP contribution in [-0.4, -0.2) is 42.7 Å². The van der Waals surface area contributed by atoms with Crippen LogP contribution in [0.1, 0.15) is 6.42 Å². The number of hydrogen-bond donors (Lipinski definition) is 0. The average molecular weight is 377 g/mol. The fourth-order valence-corrected chi connectivity index (χ4v) is 3.40. The standard InChI is InChI=1S/C18H17ClN2O3S/c1-21(10-4-9-20)16(22)11-24-17(23)12-25-15-8-3-6-13-5-2-7-14(19)18(13)15/h2-3,5-8H,4,10-12H2,1H3. The van der Waals surface area contributed by atoms with Crippen molar-refractivity contribution < 1.29 is 14.3 Å². The molecule has 0 radical (unpaired) electrons. The van der Waals surface area contributed by atoms with Crippen molar-refractivity contribution in [3.63, 3.8) is 0 Å². The lowest BCUT2D eigenvalue weighted by Gasteiger charge is -2.15. The Balaban J connectivity index is 1.89. The van der Waals surface area contributed by atoms with Crippen molar-refractivity contribution in [2.45, 2.75) is 11.3 Å². The van der Waals surface area contributed by atoms with Crippen molar-refractivity contribution in [1.82, 2.24) is 4.90 Å². The second-order valence-electron chi connectivity index (χ2n) is 5.27. The number of rotatable bonds is 7. The van der Waals surface area contributed by atoms with Crippen LogP contribution >= 0.6 is 23.4 Å². The molecule has 130 valence electrons. The van der Waals surface area contributed by atoms with Crippen molar-refractivity contribution in [2.24, 2.45) is 0 Å². The molecule has 1 amide bonds. The van der Waals surface area contributed by atoms with E-state index in [4.69, 9.17) is 21.6 Å². The Labute approximate surface area is 155 Å². The maximum atomic E-state index is 11.9. The quantitative estimate of drug-likeness (QED) is 0.546. The van der Waals surface area contributed by atoms with Crippen molar-refractivity contribution >= 4 is 46.0 Å². The van der Waals surface area contributed by atoms with Gasteiger partial charge in [-0.2, -0.15) is 5.26 Å². The normalized spacial score (nSPS) is 10.3. The van der Waals surface area contributed by atoms with Gasteiger partial charge in [-0.1, -0.05) is 35.9 Å². The van der Waals surface area contributed by atoms with Gasteiger partial charge in [0.2, 0.25) is 0 Å². The zero-order valence-electron chi connectivity index (χ0n) is 13.7. The highest BCUT2D eigenvalue weighted by Gasteiger charge is 2.13. The molecule has 0 N–H and O–H groups in total. The molecule has 2 aromatic carbocycles. The Kier molecular flexibility index (Phi) is 7.11. The fraction of sp³-hybridized carbons (Fsp3) is 0.278. The minimum absolute atomic E-state index is 0.0829. The number of nitrogens with zero attached hydrogens (tertiary/aromatic N) is 2. The first-order valence-electron chi connectivity index (χ1n) is 7.59. The number of benzene rings is 2. The number of carbonyl (C=O) groups is 2. The monoisotopic (exact) mass is 376 g/mol. The van der Waals surface area contributed by atoms with E-state index < -0.39 is 5.97 Å². The average Bonchev–Trinajstić information content (AvgIpc) is 2.62. The number of esters is 1. The number of ether oxygens (including phenoxy) is 1. The third-order valence-corrected chi connectivity index (χ3v) is 4.85. The summed E-state index contributed by atoms with van der Waals surface area (Å²) >= 11 is 7.57. The number of fused-ring (bicyclic) bond motifs is 1. The van der Waals surface area contributed by atoms with E-state index in [9.17, 15) is 9.59 Å². The number of halogens is 1. The van der Waals surface area contributed by atoms with Crippen LogP contribution < -0.4 is 0 Å². The smallest absolute Gasteiger partial charge is 0.316 e. The molecule has 25 heavy (non-hydrogen) atoms. The summed E-state index contributed by atoms with van der Waals surface area (Å²) in [6.45, 7) is -0.00620. The van der Waals surface area contributed by atoms with E-state index in [1.807, 2.05) is 42.5 Å². The van der Waals surface area contributed by atoms with Gasteiger partial charge >= 0.3 is 5.97 Å². The molecule has 0 fully saturated rings. The minimum atomic E-state index is -0.476. The van der Waals surface area contributed by atoms with Crippen LogP contribution in [-0.2, 0) is 14.3 Å². The van der Waals surface area contributed by atoms with E-state index in [0.29, 0.717) is 11.6 Å². The van der Waals surface area contributed by atoms with Crippen LogP contribution in [0.5, 0.6) is 0 Å². The Morgan fingerprint density at radius 3 is 2.72 bits per heavy atom. The molecule has 7 heteroatoms. The van der Waals surface area contributed by atoms with Crippen molar-refractivity contribution in [3.05, 3.63) is 41.4 Å². The van der Waals surface area contributed by atoms with Crippen molar-refractivity contribution in [2.75, 3.05) is 26.0 Å². The first kappa shape index (κ1) is 19.1. The summed E-state index contributed by atoms with van der Waals surface area (Å²) in [5, 5.41) is 11.0. The molecule has 0 spiro atoms. The Bertz CT molecular complexity index is 814. The van der Waals surface area contributed by atoms with Crippen molar-refractivity contribution in [3.8, 4) is 6.07 Å². The Morgan fingerprint density at radius 2 is 2.00 bits per heavy atom. The molecule has 2 aromatic rings. The largest absolute Gasteiger partial charge is 0.455 e. The molecule has 0 atom stereocenters. The topological polar surface area (TPSA) is 70.4 Å². The molecule has 0 aliphatic carbocycles. The minimum Gasteiger partial charge on any atom is -0.455 e.